The molecule has 2 nitrogen and oxygen atoms in total. The number of nitrogens with zero attached hydrogens (tertiary/aromatic N) is 2. The van der Waals surface area contributed by atoms with Crippen LogP contribution in [0.5, 0.6) is 0 Å². The molecular formula is C14H23ClN2. The van der Waals surface area contributed by atoms with Crippen LogP contribution >= 0.6 is 11.6 Å². The van der Waals surface area contributed by atoms with Crippen LogP contribution in [-0.4, -0.2) is 18.1 Å². The first-order valence-electron chi connectivity index (χ1n) is 6.50. The summed E-state index contributed by atoms with van der Waals surface area (Å²) in [7, 11) is 0. The van der Waals surface area contributed by atoms with E-state index in [-0.39, 0.29) is 0 Å². The molecule has 0 bridgehead atoms. The lowest BCUT2D eigenvalue weighted by Gasteiger charge is -2.28. The molecule has 0 saturated heterocycles. The third kappa shape index (κ3) is 3.88. The van der Waals surface area contributed by atoms with E-state index in [2.05, 4.69) is 30.7 Å². The van der Waals surface area contributed by atoms with E-state index in [0.29, 0.717) is 5.88 Å². The van der Waals surface area contributed by atoms with Crippen LogP contribution in [0.25, 0.3) is 0 Å². The zero-order chi connectivity index (χ0) is 12.7. The first-order chi connectivity index (χ1) is 8.26. The SMILES string of the molecule is CCC(CC)CN(CC)c1cnccc1CCl. The van der Waals surface area contributed by atoms with Crippen molar-refractivity contribution in [2.75, 3.05) is 18.0 Å². The number of rotatable bonds is 7. The van der Waals surface area contributed by atoms with Gasteiger partial charge in [0.15, 0.2) is 0 Å². The van der Waals surface area contributed by atoms with Crippen molar-refractivity contribution in [2.24, 2.45) is 5.92 Å². The van der Waals surface area contributed by atoms with E-state index in [1.54, 1.807) is 0 Å². The average Bonchev–Trinajstić information content (AvgIpc) is 2.40. The maximum Gasteiger partial charge on any atom is 0.0597 e. The molecule has 0 N–H and O–H groups in total. The molecule has 0 radical (unpaired) electrons. The van der Waals surface area contributed by atoms with Crippen LogP contribution in [0.2, 0.25) is 0 Å². The van der Waals surface area contributed by atoms with Crippen molar-refractivity contribution in [1.29, 1.82) is 0 Å². The molecule has 0 saturated carbocycles. The van der Waals surface area contributed by atoms with Crippen molar-refractivity contribution >= 4 is 17.3 Å². The van der Waals surface area contributed by atoms with Gasteiger partial charge in [0.1, 0.15) is 0 Å². The van der Waals surface area contributed by atoms with Crippen molar-refractivity contribution in [3.8, 4) is 0 Å². The number of hydrogen-bond acceptors (Lipinski definition) is 2. The Balaban J connectivity index is 2.85. The zero-order valence-corrected chi connectivity index (χ0v) is 11.9. The number of alkyl halides is 1. The van der Waals surface area contributed by atoms with Crippen LogP contribution in [0, 0.1) is 5.92 Å². The molecule has 0 fully saturated rings. The second-order valence-corrected chi connectivity index (χ2v) is 4.63. The van der Waals surface area contributed by atoms with Gasteiger partial charge in [-0.3, -0.25) is 4.98 Å². The summed E-state index contributed by atoms with van der Waals surface area (Å²) in [5.74, 6) is 1.30. The van der Waals surface area contributed by atoms with E-state index in [4.69, 9.17) is 11.6 Å². The van der Waals surface area contributed by atoms with Gasteiger partial charge in [0, 0.05) is 25.2 Å². The molecule has 1 aromatic rings. The summed E-state index contributed by atoms with van der Waals surface area (Å²) in [6.07, 6.45) is 6.20. The number of anilines is 1. The molecule has 0 aliphatic rings. The van der Waals surface area contributed by atoms with Crippen molar-refractivity contribution in [1.82, 2.24) is 4.98 Å². The van der Waals surface area contributed by atoms with Gasteiger partial charge in [-0.25, -0.2) is 0 Å². The van der Waals surface area contributed by atoms with Gasteiger partial charge in [-0.05, 0) is 24.5 Å². The van der Waals surface area contributed by atoms with Gasteiger partial charge >= 0.3 is 0 Å². The fourth-order valence-corrected chi connectivity index (χ4v) is 2.30. The highest BCUT2D eigenvalue weighted by atomic mass is 35.5. The zero-order valence-electron chi connectivity index (χ0n) is 11.1. The van der Waals surface area contributed by atoms with Gasteiger partial charge in [-0.1, -0.05) is 26.7 Å². The molecule has 3 heteroatoms. The number of hydrogen-bond donors (Lipinski definition) is 0. The van der Waals surface area contributed by atoms with Gasteiger partial charge in [-0.15, -0.1) is 11.6 Å². The van der Waals surface area contributed by atoms with Gasteiger partial charge in [0.2, 0.25) is 0 Å². The Morgan fingerprint density at radius 1 is 1.29 bits per heavy atom. The molecule has 1 heterocycles. The Kier molecular flexibility index (Phi) is 6.35. The van der Waals surface area contributed by atoms with E-state index in [0.717, 1.165) is 19.0 Å². The third-order valence-electron chi connectivity index (χ3n) is 3.39. The summed E-state index contributed by atoms with van der Waals surface area (Å²) in [5, 5.41) is 0. The molecule has 1 rings (SSSR count). The molecule has 0 atom stereocenters. The lowest BCUT2D eigenvalue weighted by atomic mass is 10.0. The van der Waals surface area contributed by atoms with Crippen molar-refractivity contribution in [3.63, 3.8) is 0 Å². The fraction of sp³-hybridized carbons (Fsp3) is 0.643. The molecule has 0 spiro atoms. The van der Waals surface area contributed by atoms with Crippen LogP contribution in [-0.2, 0) is 5.88 Å². The molecule has 0 aromatic carbocycles. The average molecular weight is 255 g/mol. The van der Waals surface area contributed by atoms with Crippen LogP contribution in [0.1, 0.15) is 39.2 Å². The first kappa shape index (κ1) is 14.3. The Hall–Kier alpha value is -0.760. The maximum absolute atomic E-state index is 5.98. The minimum Gasteiger partial charge on any atom is -0.370 e. The predicted octanol–water partition coefficient (Wildman–Crippen LogP) is 4.08. The van der Waals surface area contributed by atoms with Gasteiger partial charge in [-0.2, -0.15) is 0 Å². The molecule has 0 unspecified atom stereocenters. The minimum atomic E-state index is 0.553. The lowest BCUT2D eigenvalue weighted by molar-refractivity contribution is 0.485. The van der Waals surface area contributed by atoms with Gasteiger partial charge in [0.05, 0.1) is 11.9 Å². The van der Waals surface area contributed by atoms with Crippen molar-refractivity contribution in [3.05, 3.63) is 24.0 Å². The summed E-state index contributed by atoms with van der Waals surface area (Å²) in [5.41, 5.74) is 2.37. The molecule has 1 aromatic heterocycles. The highest BCUT2D eigenvalue weighted by Crippen LogP contribution is 2.23. The Morgan fingerprint density at radius 2 is 2.00 bits per heavy atom. The van der Waals surface area contributed by atoms with E-state index in [1.165, 1.54) is 24.1 Å². The van der Waals surface area contributed by atoms with Crippen molar-refractivity contribution in [2.45, 2.75) is 39.5 Å². The molecule has 96 valence electrons. The molecule has 0 aliphatic carbocycles. The number of halogens is 1. The van der Waals surface area contributed by atoms with E-state index in [1.807, 2.05) is 18.5 Å². The highest BCUT2D eigenvalue weighted by Gasteiger charge is 2.13. The predicted molar refractivity (Wildman–Crippen MR) is 75.8 cm³/mol. The number of aromatic nitrogens is 1. The Morgan fingerprint density at radius 3 is 2.53 bits per heavy atom. The fourth-order valence-electron chi connectivity index (χ4n) is 2.07. The minimum absolute atomic E-state index is 0.553. The second kappa shape index (κ2) is 7.54. The molecular weight excluding hydrogens is 232 g/mol. The van der Waals surface area contributed by atoms with Crippen LogP contribution in [0.3, 0.4) is 0 Å². The largest absolute Gasteiger partial charge is 0.370 e. The Labute approximate surface area is 110 Å². The van der Waals surface area contributed by atoms with Crippen LogP contribution in [0.4, 0.5) is 5.69 Å². The van der Waals surface area contributed by atoms with E-state index in [9.17, 15) is 0 Å². The normalized spacial score (nSPS) is 10.9. The third-order valence-corrected chi connectivity index (χ3v) is 3.68. The number of pyridine rings is 1. The topological polar surface area (TPSA) is 16.1 Å². The Bertz CT molecular complexity index is 324. The second-order valence-electron chi connectivity index (χ2n) is 4.36. The van der Waals surface area contributed by atoms with E-state index >= 15 is 0 Å². The monoisotopic (exact) mass is 254 g/mol. The quantitative estimate of drug-likeness (QED) is 0.682. The smallest absolute Gasteiger partial charge is 0.0597 e. The molecule has 0 amide bonds. The maximum atomic E-state index is 5.98. The first-order valence-corrected chi connectivity index (χ1v) is 7.03. The van der Waals surface area contributed by atoms with Gasteiger partial charge in [0.25, 0.3) is 0 Å². The lowest BCUT2D eigenvalue weighted by Crippen LogP contribution is -2.29. The summed E-state index contributed by atoms with van der Waals surface area (Å²) >= 11 is 5.98. The van der Waals surface area contributed by atoms with Crippen LogP contribution in [0.15, 0.2) is 18.5 Å². The standard InChI is InChI=1S/C14H23ClN2/c1-4-12(5-2)11-17(6-3)14-10-16-8-7-13(14)9-15/h7-8,10,12H,4-6,9,11H2,1-3H3. The van der Waals surface area contributed by atoms with Gasteiger partial charge < -0.3 is 4.90 Å². The summed E-state index contributed by atoms with van der Waals surface area (Å²) in [6.45, 7) is 8.81. The summed E-state index contributed by atoms with van der Waals surface area (Å²) in [6, 6.07) is 2.01. The summed E-state index contributed by atoms with van der Waals surface area (Å²) in [4.78, 5) is 6.61. The summed E-state index contributed by atoms with van der Waals surface area (Å²) < 4.78 is 0. The van der Waals surface area contributed by atoms with E-state index < -0.39 is 0 Å². The molecule has 17 heavy (non-hydrogen) atoms. The van der Waals surface area contributed by atoms with Crippen molar-refractivity contribution < 1.29 is 0 Å². The highest BCUT2D eigenvalue weighted by molar-refractivity contribution is 6.17. The molecule has 0 aliphatic heterocycles. The van der Waals surface area contributed by atoms with Crippen LogP contribution < -0.4 is 4.90 Å².